The maximum absolute atomic E-state index is 12.7. The van der Waals surface area contributed by atoms with Crippen molar-refractivity contribution in [2.45, 2.75) is 17.7 Å². The molecular formula is C24H22N4O4S. The van der Waals surface area contributed by atoms with Gasteiger partial charge in [-0.25, -0.2) is 13.4 Å². The number of fused-ring (bicyclic) bond motifs is 1. The number of hydrogen-bond donors (Lipinski definition) is 1. The lowest BCUT2D eigenvalue weighted by molar-refractivity contribution is -0.120. The molecule has 9 heteroatoms. The van der Waals surface area contributed by atoms with Gasteiger partial charge in [0.2, 0.25) is 21.8 Å². The van der Waals surface area contributed by atoms with Gasteiger partial charge in [0.05, 0.1) is 0 Å². The van der Waals surface area contributed by atoms with Crippen LogP contribution in [0.3, 0.4) is 0 Å². The number of benzene rings is 2. The summed E-state index contributed by atoms with van der Waals surface area (Å²) >= 11 is 0. The zero-order chi connectivity index (χ0) is 22.8. The summed E-state index contributed by atoms with van der Waals surface area (Å²) < 4.78 is 32.7. The topological polar surface area (TPSA) is 105 Å². The molecule has 33 heavy (non-hydrogen) atoms. The minimum atomic E-state index is -3.59. The molecule has 1 aliphatic rings. The average Bonchev–Trinajstić information content (AvgIpc) is 3.29. The first-order chi connectivity index (χ1) is 16.0. The Balaban J connectivity index is 1.20. The van der Waals surface area contributed by atoms with Crippen molar-refractivity contribution in [3.63, 3.8) is 0 Å². The number of aromatic nitrogens is 2. The third kappa shape index (κ3) is 4.37. The van der Waals surface area contributed by atoms with Crippen LogP contribution in [0.4, 0.5) is 5.69 Å². The first kappa shape index (κ1) is 21.3. The second kappa shape index (κ2) is 8.76. The Morgan fingerprint density at radius 2 is 1.76 bits per heavy atom. The van der Waals surface area contributed by atoms with Crippen LogP contribution in [0.25, 0.3) is 22.6 Å². The molecule has 0 bridgehead atoms. The Bertz CT molecular complexity index is 1340. The van der Waals surface area contributed by atoms with Crippen LogP contribution < -0.4 is 5.32 Å². The lowest BCUT2D eigenvalue weighted by atomic mass is 9.97. The van der Waals surface area contributed by atoms with Crippen LogP contribution in [0, 0.1) is 5.92 Å². The maximum atomic E-state index is 12.7. The van der Waals surface area contributed by atoms with Crippen LogP contribution >= 0.6 is 0 Å². The second-order valence-corrected chi connectivity index (χ2v) is 9.86. The summed E-state index contributed by atoms with van der Waals surface area (Å²) in [6.07, 6.45) is 3.81. The molecular weight excluding hydrogens is 440 g/mol. The first-order valence-electron chi connectivity index (χ1n) is 10.7. The van der Waals surface area contributed by atoms with Gasteiger partial charge in [0.1, 0.15) is 10.4 Å². The highest BCUT2D eigenvalue weighted by molar-refractivity contribution is 7.89. The number of amides is 1. The lowest BCUT2D eigenvalue weighted by Gasteiger charge is -2.30. The monoisotopic (exact) mass is 462 g/mol. The molecule has 0 aliphatic carbocycles. The first-order valence-corrected chi connectivity index (χ1v) is 12.1. The number of nitrogens with one attached hydrogen (secondary N) is 1. The molecule has 4 aromatic rings. The highest BCUT2D eigenvalue weighted by atomic mass is 32.2. The number of para-hydroxylation sites is 2. The van der Waals surface area contributed by atoms with Crippen LogP contribution in [0.2, 0.25) is 0 Å². The predicted molar refractivity (Wildman–Crippen MR) is 124 cm³/mol. The summed E-state index contributed by atoms with van der Waals surface area (Å²) in [5, 5.41) is 2.93. The van der Waals surface area contributed by atoms with E-state index in [4.69, 9.17) is 4.42 Å². The molecule has 0 radical (unpaired) electrons. The summed E-state index contributed by atoms with van der Waals surface area (Å²) in [6, 6.07) is 18.0. The Morgan fingerprint density at radius 3 is 2.45 bits per heavy atom. The Hall–Kier alpha value is -3.56. The van der Waals surface area contributed by atoms with Gasteiger partial charge in [-0.3, -0.25) is 9.78 Å². The van der Waals surface area contributed by atoms with Crippen molar-refractivity contribution in [3.05, 3.63) is 73.1 Å². The van der Waals surface area contributed by atoms with E-state index in [1.807, 2.05) is 48.5 Å². The smallest absolute Gasteiger partial charge is 0.244 e. The summed E-state index contributed by atoms with van der Waals surface area (Å²) in [4.78, 5) is 21.3. The summed E-state index contributed by atoms with van der Waals surface area (Å²) in [5.41, 5.74) is 3.01. The van der Waals surface area contributed by atoms with E-state index < -0.39 is 10.0 Å². The molecule has 5 rings (SSSR count). The largest absolute Gasteiger partial charge is 0.436 e. The average molecular weight is 463 g/mol. The lowest BCUT2D eigenvalue weighted by Crippen LogP contribution is -2.41. The van der Waals surface area contributed by atoms with E-state index in [9.17, 15) is 13.2 Å². The Morgan fingerprint density at radius 1 is 1.00 bits per heavy atom. The molecule has 1 fully saturated rings. The summed E-state index contributed by atoms with van der Waals surface area (Å²) in [6.45, 7) is 0.595. The SMILES string of the molecule is O=C(Nc1ccc(-c2nc3ccccc3o2)cc1)C1CCN(S(=O)(=O)c2cccnc2)CC1. The van der Waals surface area contributed by atoms with E-state index in [2.05, 4.69) is 15.3 Å². The fourth-order valence-electron chi connectivity index (χ4n) is 3.94. The van der Waals surface area contributed by atoms with Gasteiger partial charge in [0.25, 0.3) is 0 Å². The minimum absolute atomic E-state index is 0.108. The summed E-state index contributed by atoms with van der Waals surface area (Å²) in [5.74, 6) is 0.168. The molecule has 0 spiro atoms. The van der Waals surface area contributed by atoms with Crippen molar-refractivity contribution in [1.82, 2.24) is 14.3 Å². The molecule has 3 heterocycles. The number of carbonyl (C=O) groups excluding carboxylic acids is 1. The number of carbonyl (C=O) groups is 1. The maximum Gasteiger partial charge on any atom is 0.244 e. The Kier molecular flexibility index (Phi) is 5.65. The molecule has 0 unspecified atom stereocenters. The van der Waals surface area contributed by atoms with Gasteiger partial charge in [0.15, 0.2) is 5.58 Å². The number of piperidine rings is 1. The van der Waals surface area contributed by atoms with Gasteiger partial charge in [-0.2, -0.15) is 4.31 Å². The quantitative estimate of drug-likeness (QED) is 0.482. The van der Waals surface area contributed by atoms with Gasteiger partial charge in [-0.05, 0) is 61.4 Å². The van der Waals surface area contributed by atoms with Crippen molar-refractivity contribution in [3.8, 4) is 11.5 Å². The molecule has 0 saturated carbocycles. The number of oxazole rings is 1. The van der Waals surface area contributed by atoms with Gasteiger partial charge >= 0.3 is 0 Å². The fraction of sp³-hybridized carbons (Fsp3) is 0.208. The normalized spacial score (nSPS) is 15.5. The van der Waals surface area contributed by atoms with E-state index in [-0.39, 0.29) is 16.7 Å². The number of sulfonamides is 1. The molecule has 1 N–H and O–H groups in total. The zero-order valence-electron chi connectivity index (χ0n) is 17.7. The van der Waals surface area contributed by atoms with E-state index in [0.717, 1.165) is 16.7 Å². The van der Waals surface area contributed by atoms with Crippen molar-refractivity contribution in [1.29, 1.82) is 0 Å². The Labute approximate surface area is 191 Å². The second-order valence-electron chi connectivity index (χ2n) is 7.92. The highest BCUT2D eigenvalue weighted by Gasteiger charge is 2.32. The zero-order valence-corrected chi connectivity index (χ0v) is 18.5. The third-order valence-corrected chi connectivity index (χ3v) is 7.67. The molecule has 2 aromatic heterocycles. The predicted octanol–water partition coefficient (Wildman–Crippen LogP) is 3.93. The molecule has 168 valence electrons. The fourth-order valence-corrected chi connectivity index (χ4v) is 5.38. The number of rotatable bonds is 5. The molecule has 2 aromatic carbocycles. The number of anilines is 1. The van der Waals surface area contributed by atoms with Crippen molar-refractivity contribution in [2.24, 2.45) is 5.92 Å². The van der Waals surface area contributed by atoms with Gasteiger partial charge in [-0.15, -0.1) is 0 Å². The molecule has 1 saturated heterocycles. The number of pyridine rings is 1. The minimum Gasteiger partial charge on any atom is -0.436 e. The highest BCUT2D eigenvalue weighted by Crippen LogP contribution is 2.27. The van der Waals surface area contributed by atoms with E-state index in [0.29, 0.717) is 37.5 Å². The molecule has 1 aliphatic heterocycles. The van der Waals surface area contributed by atoms with E-state index >= 15 is 0 Å². The molecule has 1 amide bonds. The van der Waals surface area contributed by atoms with Crippen LogP contribution in [0.1, 0.15) is 12.8 Å². The number of hydrogen-bond acceptors (Lipinski definition) is 6. The van der Waals surface area contributed by atoms with Gasteiger partial charge in [-0.1, -0.05) is 12.1 Å². The standard InChI is InChI=1S/C24H22N4O4S/c29-23(17-11-14-28(15-12-17)33(30,31)20-4-3-13-25-16-20)26-19-9-7-18(8-10-19)24-27-21-5-1-2-6-22(21)32-24/h1-10,13,16-17H,11-12,14-15H2,(H,26,29). The van der Waals surface area contributed by atoms with Crippen LogP contribution in [0.15, 0.2) is 82.4 Å². The summed E-state index contributed by atoms with van der Waals surface area (Å²) in [7, 11) is -3.59. The van der Waals surface area contributed by atoms with E-state index in [1.54, 1.807) is 6.07 Å². The van der Waals surface area contributed by atoms with Gasteiger partial charge in [0, 0.05) is 42.7 Å². The van der Waals surface area contributed by atoms with Crippen LogP contribution in [0.5, 0.6) is 0 Å². The molecule has 0 atom stereocenters. The van der Waals surface area contributed by atoms with Crippen molar-refractivity contribution >= 4 is 32.7 Å². The number of nitrogens with zero attached hydrogens (tertiary/aromatic N) is 3. The third-order valence-electron chi connectivity index (χ3n) is 5.79. The van der Waals surface area contributed by atoms with Crippen molar-refractivity contribution in [2.75, 3.05) is 18.4 Å². The molecule has 8 nitrogen and oxygen atoms in total. The van der Waals surface area contributed by atoms with Crippen LogP contribution in [-0.2, 0) is 14.8 Å². The van der Waals surface area contributed by atoms with E-state index in [1.165, 1.54) is 22.8 Å². The van der Waals surface area contributed by atoms with Crippen LogP contribution in [-0.4, -0.2) is 41.7 Å². The van der Waals surface area contributed by atoms with Gasteiger partial charge < -0.3 is 9.73 Å². The van der Waals surface area contributed by atoms with Crippen molar-refractivity contribution < 1.29 is 17.6 Å².